The van der Waals surface area contributed by atoms with Crippen LogP contribution in [-0.2, 0) is 15.0 Å². The molecule has 2 aromatic carbocycles. The highest BCUT2D eigenvalue weighted by Gasteiger charge is 2.60. The molecule has 1 spiro atoms. The fraction of sp³-hybridized carbons (Fsp3) is 0.240. The number of rotatable bonds is 1. The van der Waals surface area contributed by atoms with E-state index in [-0.39, 0.29) is 23.1 Å². The number of anilines is 2. The summed E-state index contributed by atoms with van der Waals surface area (Å²) in [5, 5.41) is 13.2. The Bertz CT molecular complexity index is 1260. The molecule has 2 aliphatic heterocycles. The summed E-state index contributed by atoms with van der Waals surface area (Å²) >= 11 is 0. The van der Waals surface area contributed by atoms with Crippen molar-refractivity contribution >= 4 is 23.1 Å². The summed E-state index contributed by atoms with van der Waals surface area (Å²) in [4.78, 5) is 28.7. The number of hydrogen-bond acceptors (Lipinski definition) is 5. The Balaban J connectivity index is 1.88. The average molecular weight is 410 g/mol. The van der Waals surface area contributed by atoms with Crippen molar-refractivity contribution in [3.05, 3.63) is 81.8 Å². The molecule has 3 aliphatic rings. The van der Waals surface area contributed by atoms with Gasteiger partial charge in [0.15, 0.2) is 5.78 Å². The van der Waals surface area contributed by atoms with Gasteiger partial charge >= 0.3 is 0 Å². The molecule has 5 rings (SSSR count). The Morgan fingerprint density at radius 1 is 1.06 bits per heavy atom. The number of aryl methyl sites for hydroxylation is 2. The Hall–Kier alpha value is -3.85. The van der Waals surface area contributed by atoms with E-state index in [9.17, 15) is 14.9 Å². The normalized spacial score (nSPS) is 22.4. The molecule has 31 heavy (non-hydrogen) atoms. The summed E-state index contributed by atoms with van der Waals surface area (Å²) in [6.45, 7) is 3.92. The third-order valence-corrected chi connectivity index (χ3v) is 6.47. The van der Waals surface area contributed by atoms with Gasteiger partial charge in [-0.3, -0.25) is 14.5 Å². The van der Waals surface area contributed by atoms with Gasteiger partial charge in [-0.2, -0.15) is 5.26 Å². The van der Waals surface area contributed by atoms with E-state index in [1.807, 2.05) is 56.3 Å². The number of allylic oxidation sites excluding steroid dienone is 1. The minimum absolute atomic E-state index is 0.101. The number of amides is 1. The highest BCUT2D eigenvalue weighted by Crippen LogP contribution is 2.55. The van der Waals surface area contributed by atoms with Crippen LogP contribution in [0.2, 0.25) is 0 Å². The second-order valence-corrected chi connectivity index (χ2v) is 8.39. The molecule has 0 radical (unpaired) electrons. The lowest BCUT2D eigenvalue weighted by Crippen LogP contribution is -2.50. The van der Waals surface area contributed by atoms with E-state index in [1.54, 1.807) is 4.90 Å². The molecule has 1 atom stereocenters. The van der Waals surface area contributed by atoms with Gasteiger partial charge in [-0.25, -0.2) is 0 Å². The topological polar surface area (TPSA) is 99.2 Å². The summed E-state index contributed by atoms with van der Waals surface area (Å²) in [5.41, 5.74) is 10.4. The Morgan fingerprint density at radius 3 is 2.48 bits per heavy atom. The maximum Gasteiger partial charge on any atom is 0.245 e. The number of nitriles is 1. The van der Waals surface area contributed by atoms with Crippen molar-refractivity contribution in [1.82, 2.24) is 0 Å². The van der Waals surface area contributed by atoms with Crippen LogP contribution in [0.5, 0.6) is 0 Å². The molecule has 0 bridgehead atoms. The zero-order valence-electron chi connectivity index (χ0n) is 17.5. The number of nitrogens with two attached hydrogens (primary N) is 1. The van der Waals surface area contributed by atoms with E-state index in [1.165, 1.54) is 0 Å². The molecule has 2 heterocycles. The second kappa shape index (κ2) is 6.58. The van der Waals surface area contributed by atoms with Crippen molar-refractivity contribution in [2.45, 2.75) is 38.5 Å². The second-order valence-electron chi connectivity index (χ2n) is 8.39. The van der Waals surface area contributed by atoms with Crippen molar-refractivity contribution in [2.75, 3.05) is 10.2 Å². The molecule has 0 unspecified atom stereocenters. The van der Waals surface area contributed by atoms with Crippen molar-refractivity contribution in [2.24, 2.45) is 5.73 Å². The first kappa shape index (κ1) is 19.1. The summed E-state index contributed by atoms with van der Waals surface area (Å²) in [7, 11) is 0. The predicted molar refractivity (Wildman–Crippen MR) is 118 cm³/mol. The molecule has 3 N–H and O–H groups in total. The molecule has 6 heteroatoms. The number of Topliss-reactive ketones (excluding diaryl/α,β-unsaturated/α-hetero) is 1. The molecule has 0 fully saturated rings. The van der Waals surface area contributed by atoms with Gasteiger partial charge in [0.2, 0.25) is 5.91 Å². The van der Waals surface area contributed by atoms with Crippen LogP contribution in [0.25, 0.3) is 0 Å². The third kappa shape index (κ3) is 2.43. The van der Waals surface area contributed by atoms with Crippen molar-refractivity contribution < 1.29 is 9.59 Å². The molecule has 0 aromatic heterocycles. The van der Waals surface area contributed by atoms with Gasteiger partial charge in [0, 0.05) is 34.6 Å². The average Bonchev–Trinajstić information content (AvgIpc) is 3.02. The van der Waals surface area contributed by atoms with Crippen LogP contribution in [0.15, 0.2) is 65.1 Å². The SMILES string of the molecule is Cc1ccc(N2C(N)=C(C#N)[C@@]3(C(=O)Nc4ccc(C)cc43)C3=C2CCCC3=O)cc1. The van der Waals surface area contributed by atoms with E-state index < -0.39 is 5.41 Å². The number of nitrogens with zero attached hydrogens (tertiary/aromatic N) is 2. The standard InChI is InChI=1S/C25H22N4O2/c1-14-6-9-16(10-7-14)29-20-4-3-5-21(30)22(20)25(18(13-26)23(29)27)17-12-15(2)8-11-19(17)28-24(25)31/h6-12H,3-5,27H2,1-2H3,(H,28,31)/t25-/m1/s1. The molecule has 2 aromatic rings. The van der Waals surface area contributed by atoms with Crippen LogP contribution in [0.1, 0.15) is 36.0 Å². The molecule has 1 amide bonds. The summed E-state index contributed by atoms with van der Waals surface area (Å²) in [6.07, 6.45) is 1.62. The number of hydrogen-bond donors (Lipinski definition) is 2. The smallest absolute Gasteiger partial charge is 0.245 e. The fourth-order valence-corrected chi connectivity index (χ4v) is 5.09. The Labute approximate surface area is 180 Å². The first-order valence-corrected chi connectivity index (χ1v) is 10.4. The number of ketones is 1. The number of fused-ring (bicyclic) bond motifs is 3. The molecule has 0 saturated heterocycles. The Kier molecular flexibility index (Phi) is 4.06. The lowest BCUT2D eigenvalue weighted by molar-refractivity contribution is -0.122. The first-order valence-electron chi connectivity index (χ1n) is 10.4. The minimum atomic E-state index is -1.51. The highest BCUT2D eigenvalue weighted by atomic mass is 16.2. The lowest BCUT2D eigenvalue weighted by atomic mass is 9.63. The van der Waals surface area contributed by atoms with Gasteiger partial charge in [0.1, 0.15) is 17.3 Å². The molecule has 0 saturated carbocycles. The zero-order valence-corrected chi connectivity index (χ0v) is 17.5. The zero-order chi connectivity index (χ0) is 21.9. The van der Waals surface area contributed by atoms with Crippen LogP contribution < -0.4 is 16.0 Å². The fourth-order valence-electron chi connectivity index (χ4n) is 5.09. The molecule has 154 valence electrons. The summed E-state index contributed by atoms with van der Waals surface area (Å²) in [6, 6.07) is 15.6. The van der Waals surface area contributed by atoms with Gasteiger partial charge in [-0.15, -0.1) is 0 Å². The van der Waals surface area contributed by atoms with Gasteiger partial charge < -0.3 is 11.1 Å². The lowest BCUT2D eigenvalue weighted by Gasteiger charge is -2.43. The highest BCUT2D eigenvalue weighted by molar-refractivity contribution is 6.19. The van der Waals surface area contributed by atoms with Crippen molar-refractivity contribution in [3.63, 3.8) is 0 Å². The minimum Gasteiger partial charge on any atom is -0.384 e. The van der Waals surface area contributed by atoms with Crippen molar-refractivity contribution in [1.29, 1.82) is 5.26 Å². The first-order chi connectivity index (χ1) is 14.9. The number of carbonyl (C=O) groups is 2. The third-order valence-electron chi connectivity index (χ3n) is 6.47. The maximum absolute atomic E-state index is 13.6. The van der Waals surface area contributed by atoms with Gasteiger partial charge in [-0.05, 0) is 44.9 Å². The summed E-state index contributed by atoms with van der Waals surface area (Å²) in [5.74, 6) is -0.300. The Morgan fingerprint density at radius 2 is 1.77 bits per heavy atom. The molecule has 1 aliphatic carbocycles. The number of benzene rings is 2. The molecular weight excluding hydrogens is 388 g/mol. The molecule has 6 nitrogen and oxygen atoms in total. The van der Waals surface area contributed by atoms with E-state index in [0.717, 1.165) is 16.8 Å². The largest absolute Gasteiger partial charge is 0.384 e. The maximum atomic E-state index is 13.6. The van der Waals surface area contributed by atoms with Crippen LogP contribution in [0, 0.1) is 25.2 Å². The van der Waals surface area contributed by atoms with Gasteiger partial charge in [-0.1, -0.05) is 35.4 Å². The number of carbonyl (C=O) groups excluding carboxylic acids is 2. The molecular formula is C25H22N4O2. The van der Waals surface area contributed by atoms with E-state index in [4.69, 9.17) is 5.73 Å². The van der Waals surface area contributed by atoms with Gasteiger partial charge in [0.05, 0.1) is 5.57 Å². The number of nitrogens with one attached hydrogen (secondary N) is 1. The van der Waals surface area contributed by atoms with Crippen LogP contribution in [-0.4, -0.2) is 11.7 Å². The van der Waals surface area contributed by atoms with Crippen LogP contribution >= 0.6 is 0 Å². The quantitative estimate of drug-likeness (QED) is 0.747. The van der Waals surface area contributed by atoms with Crippen LogP contribution in [0.3, 0.4) is 0 Å². The van der Waals surface area contributed by atoms with Crippen molar-refractivity contribution in [3.8, 4) is 6.07 Å². The van der Waals surface area contributed by atoms with E-state index in [0.29, 0.717) is 41.8 Å². The van der Waals surface area contributed by atoms with E-state index in [2.05, 4.69) is 11.4 Å². The van der Waals surface area contributed by atoms with Gasteiger partial charge in [0.25, 0.3) is 0 Å². The van der Waals surface area contributed by atoms with E-state index >= 15 is 0 Å². The monoisotopic (exact) mass is 410 g/mol. The summed E-state index contributed by atoms with van der Waals surface area (Å²) < 4.78 is 0. The van der Waals surface area contributed by atoms with Crippen LogP contribution in [0.4, 0.5) is 11.4 Å². The predicted octanol–water partition coefficient (Wildman–Crippen LogP) is 3.71.